The van der Waals surface area contributed by atoms with Crippen molar-refractivity contribution in [2.75, 3.05) is 0 Å². The number of benzene rings is 1. The highest BCUT2D eigenvalue weighted by Crippen LogP contribution is 2.25. The average molecular weight is 333 g/mol. The summed E-state index contributed by atoms with van der Waals surface area (Å²) in [7, 11) is -3.76. The molecule has 108 valence electrons. The molecule has 5 nitrogen and oxygen atoms in total. The molecule has 1 atom stereocenters. The SMILES string of the molecule is Cc1[nH]c(=O)sc1S(=O)(=O)NC(C)c1ccccc1Cl. The molecule has 1 aromatic carbocycles. The van der Waals surface area contributed by atoms with E-state index in [4.69, 9.17) is 11.6 Å². The molecule has 0 radical (unpaired) electrons. The maximum Gasteiger partial charge on any atom is 0.305 e. The number of H-pyrrole nitrogens is 1. The van der Waals surface area contributed by atoms with Crippen LogP contribution in [0.3, 0.4) is 0 Å². The van der Waals surface area contributed by atoms with Crippen molar-refractivity contribution in [1.29, 1.82) is 0 Å². The molecule has 0 amide bonds. The van der Waals surface area contributed by atoms with Gasteiger partial charge in [-0.3, -0.25) is 4.79 Å². The summed E-state index contributed by atoms with van der Waals surface area (Å²) < 4.78 is 27.0. The van der Waals surface area contributed by atoms with Gasteiger partial charge in [0.2, 0.25) is 0 Å². The van der Waals surface area contributed by atoms with Crippen molar-refractivity contribution in [1.82, 2.24) is 9.71 Å². The number of halogens is 1. The van der Waals surface area contributed by atoms with Crippen molar-refractivity contribution >= 4 is 33.0 Å². The van der Waals surface area contributed by atoms with Crippen LogP contribution in [-0.4, -0.2) is 13.4 Å². The van der Waals surface area contributed by atoms with Gasteiger partial charge in [0.05, 0.1) is 0 Å². The van der Waals surface area contributed by atoms with Crippen LogP contribution in [0.5, 0.6) is 0 Å². The number of nitrogens with one attached hydrogen (secondary N) is 2. The second-order valence-electron chi connectivity index (χ2n) is 4.29. The van der Waals surface area contributed by atoms with E-state index in [1.807, 2.05) is 0 Å². The quantitative estimate of drug-likeness (QED) is 0.902. The minimum atomic E-state index is -3.76. The molecule has 0 bridgehead atoms. The molecule has 1 heterocycles. The van der Waals surface area contributed by atoms with Gasteiger partial charge in [-0.1, -0.05) is 41.1 Å². The Morgan fingerprint density at radius 2 is 2.00 bits per heavy atom. The smallest absolute Gasteiger partial charge is 0.305 e. The predicted molar refractivity (Wildman–Crippen MR) is 79.9 cm³/mol. The van der Waals surface area contributed by atoms with E-state index in [2.05, 4.69) is 9.71 Å². The third-order valence-corrected chi connectivity index (χ3v) is 6.22. The third-order valence-electron chi connectivity index (χ3n) is 2.73. The number of hydrogen-bond acceptors (Lipinski definition) is 4. The van der Waals surface area contributed by atoms with Crippen molar-refractivity contribution < 1.29 is 8.42 Å². The lowest BCUT2D eigenvalue weighted by Crippen LogP contribution is -2.27. The van der Waals surface area contributed by atoms with Gasteiger partial charge in [0.1, 0.15) is 0 Å². The Labute approximate surface area is 125 Å². The minimum Gasteiger partial charge on any atom is -0.315 e. The molecular weight excluding hydrogens is 320 g/mol. The molecule has 0 fully saturated rings. The topological polar surface area (TPSA) is 79.0 Å². The van der Waals surface area contributed by atoms with Crippen molar-refractivity contribution in [2.45, 2.75) is 24.1 Å². The average Bonchev–Trinajstić information content (AvgIpc) is 2.69. The van der Waals surface area contributed by atoms with Crippen LogP contribution < -0.4 is 9.60 Å². The molecule has 20 heavy (non-hydrogen) atoms. The summed E-state index contributed by atoms with van der Waals surface area (Å²) in [5, 5.41) is 0.488. The second kappa shape index (κ2) is 5.69. The summed E-state index contributed by atoms with van der Waals surface area (Å²) in [5.74, 6) is 0. The number of aromatic nitrogens is 1. The lowest BCUT2D eigenvalue weighted by molar-refractivity contribution is 0.568. The van der Waals surface area contributed by atoms with Crippen LogP contribution in [0.1, 0.15) is 24.2 Å². The molecule has 2 rings (SSSR count). The van der Waals surface area contributed by atoms with E-state index in [1.54, 1.807) is 38.1 Å². The van der Waals surface area contributed by atoms with Crippen molar-refractivity contribution in [2.24, 2.45) is 0 Å². The van der Waals surface area contributed by atoms with Crippen LogP contribution in [0.15, 0.2) is 33.3 Å². The van der Waals surface area contributed by atoms with E-state index in [0.29, 0.717) is 27.6 Å². The van der Waals surface area contributed by atoms with Crippen LogP contribution >= 0.6 is 22.9 Å². The lowest BCUT2D eigenvalue weighted by Gasteiger charge is -2.15. The number of aromatic amines is 1. The first-order valence-electron chi connectivity index (χ1n) is 5.77. The molecule has 0 saturated heterocycles. The number of thiazole rings is 1. The zero-order chi connectivity index (χ0) is 14.9. The highest BCUT2D eigenvalue weighted by atomic mass is 35.5. The van der Waals surface area contributed by atoms with Crippen molar-refractivity contribution in [3.8, 4) is 0 Å². The summed E-state index contributed by atoms with van der Waals surface area (Å²) >= 11 is 6.71. The molecule has 0 aliphatic carbocycles. The molecule has 1 unspecified atom stereocenters. The Hall–Kier alpha value is -1.15. The maximum atomic E-state index is 12.3. The van der Waals surface area contributed by atoms with Gasteiger partial charge in [-0.2, -0.15) is 0 Å². The molecule has 0 aliphatic rings. The van der Waals surface area contributed by atoms with Crippen molar-refractivity contribution in [3.05, 3.63) is 50.2 Å². The van der Waals surface area contributed by atoms with Gasteiger partial charge in [-0.25, -0.2) is 13.1 Å². The van der Waals surface area contributed by atoms with E-state index >= 15 is 0 Å². The number of aryl methyl sites for hydroxylation is 1. The normalized spacial score (nSPS) is 13.3. The van der Waals surface area contributed by atoms with Crippen LogP contribution in [0.25, 0.3) is 0 Å². The highest BCUT2D eigenvalue weighted by Gasteiger charge is 2.23. The molecule has 0 saturated carbocycles. The number of hydrogen-bond donors (Lipinski definition) is 2. The van der Waals surface area contributed by atoms with E-state index in [0.717, 1.165) is 0 Å². The Morgan fingerprint density at radius 1 is 1.35 bits per heavy atom. The molecule has 0 spiro atoms. The van der Waals surface area contributed by atoms with Gasteiger partial charge >= 0.3 is 4.87 Å². The number of rotatable bonds is 4. The van der Waals surface area contributed by atoms with E-state index in [9.17, 15) is 13.2 Å². The van der Waals surface area contributed by atoms with Gasteiger partial charge in [0.15, 0.2) is 4.21 Å². The Balaban J connectivity index is 2.32. The Kier molecular flexibility index (Phi) is 4.33. The van der Waals surface area contributed by atoms with Crippen LogP contribution in [0.4, 0.5) is 0 Å². The monoisotopic (exact) mass is 332 g/mol. The van der Waals surface area contributed by atoms with E-state index < -0.39 is 20.9 Å². The number of sulfonamides is 1. The van der Waals surface area contributed by atoms with Gasteiger partial charge in [-0.05, 0) is 25.5 Å². The highest BCUT2D eigenvalue weighted by molar-refractivity contribution is 7.91. The molecule has 1 aromatic heterocycles. The van der Waals surface area contributed by atoms with Crippen LogP contribution in [0, 0.1) is 6.92 Å². The van der Waals surface area contributed by atoms with E-state index in [1.165, 1.54) is 0 Å². The van der Waals surface area contributed by atoms with Gasteiger partial charge in [0, 0.05) is 16.8 Å². The molecule has 2 aromatic rings. The van der Waals surface area contributed by atoms with Gasteiger partial charge < -0.3 is 4.98 Å². The molecule has 2 N–H and O–H groups in total. The second-order valence-corrected chi connectivity index (χ2v) is 7.59. The van der Waals surface area contributed by atoms with Gasteiger partial charge in [-0.15, -0.1) is 0 Å². The summed E-state index contributed by atoms with van der Waals surface area (Å²) in [4.78, 5) is 13.3. The Bertz CT molecular complexity index is 780. The molecule has 0 aliphatic heterocycles. The first kappa shape index (κ1) is 15.2. The molecular formula is C12H13ClN2O3S2. The summed E-state index contributed by atoms with van der Waals surface area (Å²) in [5.41, 5.74) is 1.01. The first-order chi connectivity index (χ1) is 9.31. The lowest BCUT2D eigenvalue weighted by atomic mass is 10.1. The maximum absolute atomic E-state index is 12.3. The predicted octanol–water partition coefficient (Wildman–Crippen LogP) is 2.44. The van der Waals surface area contributed by atoms with Gasteiger partial charge in [0.25, 0.3) is 10.0 Å². The summed E-state index contributed by atoms with van der Waals surface area (Å²) in [6, 6.07) is 6.51. The first-order valence-corrected chi connectivity index (χ1v) is 8.45. The van der Waals surface area contributed by atoms with Crippen LogP contribution in [0.2, 0.25) is 5.02 Å². The fourth-order valence-electron chi connectivity index (χ4n) is 1.82. The summed E-state index contributed by atoms with van der Waals surface area (Å²) in [6.07, 6.45) is 0. The van der Waals surface area contributed by atoms with Crippen molar-refractivity contribution in [3.63, 3.8) is 0 Å². The summed E-state index contributed by atoms with van der Waals surface area (Å²) in [6.45, 7) is 3.25. The zero-order valence-corrected chi connectivity index (χ0v) is 13.2. The minimum absolute atomic E-state index is 0.00130. The van der Waals surface area contributed by atoms with E-state index in [-0.39, 0.29) is 4.21 Å². The molecule has 8 heteroatoms. The zero-order valence-electron chi connectivity index (χ0n) is 10.8. The standard InChI is InChI=1S/C12H13ClN2O3S2/c1-7(9-5-3-4-6-10(9)13)15-20(17,18)11-8(2)14-12(16)19-11/h3-7,15H,1-2H3,(H,14,16). The fourth-order valence-corrected chi connectivity index (χ4v) is 4.66. The Morgan fingerprint density at radius 3 is 2.55 bits per heavy atom. The fraction of sp³-hybridized carbons (Fsp3) is 0.250. The largest absolute Gasteiger partial charge is 0.315 e. The third kappa shape index (κ3) is 3.12. The van der Waals surface area contributed by atoms with Crippen LogP contribution in [-0.2, 0) is 10.0 Å².